The van der Waals surface area contributed by atoms with E-state index >= 15 is 0 Å². The second kappa shape index (κ2) is 9.01. The van der Waals surface area contributed by atoms with E-state index in [-0.39, 0.29) is 12.5 Å². The van der Waals surface area contributed by atoms with Crippen LogP contribution in [-0.4, -0.2) is 55.3 Å². The smallest absolute Gasteiger partial charge is 0.163 e. The van der Waals surface area contributed by atoms with Gasteiger partial charge in [-0.15, -0.1) is 0 Å². The van der Waals surface area contributed by atoms with E-state index in [2.05, 4.69) is 34.6 Å². The number of fused-ring (bicyclic) bond motifs is 1. The molecule has 8 heteroatoms. The van der Waals surface area contributed by atoms with Gasteiger partial charge in [-0.1, -0.05) is 44.2 Å². The largest absolute Gasteiger partial charge is 0.394 e. The summed E-state index contributed by atoms with van der Waals surface area (Å²) in [5.74, 6) is 1.45. The lowest BCUT2D eigenvalue weighted by molar-refractivity contribution is 0.0612. The Labute approximate surface area is 163 Å². The second-order valence-corrected chi connectivity index (χ2v) is 7.04. The van der Waals surface area contributed by atoms with E-state index in [0.29, 0.717) is 18.0 Å². The minimum absolute atomic E-state index is 0.235. The van der Waals surface area contributed by atoms with Crippen LogP contribution in [0.2, 0.25) is 0 Å². The number of benzene rings is 1. The third-order valence-electron chi connectivity index (χ3n) is 4.62. The average Bonchev–Trinajstić information content (AvgIpc) is 3.14. The first-order valence-electron chi connectivity index (χ1n) is 9.36. The van der Waals surface area contributed by atoms with Crippen LogP contribution >= 0.6 is 0 Å². The second-order valence-electron chi connectivity index (χ2n) is 7.04. The van der Waals surface area contributed by atoms with Crippen molar-refractivity contribution in [2.45, 2.75) is 38.5 Å². The van der Waals surface area contributed by atoms with Crippen molar-refractivity contribution in [2.24, 2.45) is 0 Å². The number of anilines is 2. The zero-order valence-electron chi connectivity index (χ0n) is 16.1. The molecule has 5 N–H and O–H groups in total. The summed E-state index contributed by atoms with van der Waals surface area (Å²) in [6.45, 7) is 3.96. The Kier molecular flexibility index (Phi) is 6.45. The number of hydrogen-bond donors (Lipinski definition) is 5. The fraction of sp³-hybridized carbons (Fsp3) is 0.400. The van der Waals surface area contributed by atoms with Crippen LogP contribution in [0.3, 0.4) is 0 Å². The third kappa shape index (κ3) is 4.41. The summed E-state index contributed by atoms with van der Waals surface area (Å²) in [7, 11) is 0. The quantitative estimate of drug-likeness (QED) is 0.380. The Bertz CT molecular complexity index is 897. The van der Waals surface area contributed by atoms with Crippen molar-refractivity contribution in [3.05, 3.63) is 53.7 Å². The molecule has 2 atom stereocenters. The molecular weight excluding hydrogens is 358 g/mol. The normalized spacial score (nSPS) is 13.6. The van der Waals surface area contributed by atoms with E-state index in [9.17, 15) is 15.3 Å². The van der Waals surface area contributed by atoms with Gasteiger partial charge in [-0.2, -0.15) is 9.61 Å². The molecule has 0 amide bonds. The van der Waals surface area contributed by atoms with E-state index < -0.39 is 18.8 Å². The highest BCUT2D eigenvalue weighted by atomic mass is 16.3. The van der Waals surface area contributed by atoms with Gasteiger partial charge in [-0.25, -0.2) is 4.98 Å². The number of nitrogens with one attached hydrogen (secondary N) is 2. The van der Waals surface area contributed by atoms with Crippen molar-refractivity contribution >= 4 is 17.3 Å². The van der Waals surface area contributed by atoms with Crippen molar-refractivity contribution in [1.29, 1.82) is 0 Å². The molecule has 0 aliphatic rings. The van der Waals surface area contributed by atoms with E-state index in [0.717, 1.165) is 16.9 Å². The molecule has 0 aliphatic heterocycles. The lowest BCUT2D eigenvalue weighted by atomic mass is 10.1. The van der Waals surface area contributed by atoms with Gasteiger partial charge in [0.25, 0.3) is 0 Å². The van der Waals surface area contributed by atoms with E-state index in [4.69, 9.17) is 0 Å². The summed E-state index contributed by atoms with van der Waals surface area (Å²) in [5.41, 5.74) is 2.82. The summed E-state index contributed by atoms with van der Waals surface area (Å²) >= 11 is 0. The maximum atomic E-state index is 9.88. The molecular formula is C20H27N5O3. The van der Waals surface area contributed by atoms with Gasteiger partial charge < -0.3 is 26.0 Å². The predicted molar refractivity (Wildman–Crippen MR) is 108 cm³/mol. The van der Waals surface area contributed by atoms with Crippen molar-refractivity contribution in [2.75, 3.05) is 23.8 Å². The Morgan fingerprint density at radius 2 is 1.86 bits per heavy atom. The van der Waals surface area contributed by atoms with Gasteiger partial charge >= 0.3 is 0 Å². The Morgan fingerprint density at radius 3 is 2.50 bits per heavy atom. The van der Waals surface area contributed by atoms with Crippen LogP contribution in [0.25, 0.3) is 5.65 Å². The van der Waals surface area contributed by atoms with Gasteiger partial charge in [0.1, 0.15) is 11.6 Å². The molecule has 0 spiro atoms. The van der Waals surface area contributed by atoms with Gasteiger partial charge in [0, 0.05) is 18.2 Å². The molecule has 0 aliphatic carbocycles. The molecule has 3 rings (SSSR count). The fourth-order valence-corrected chi connectivity index (χ4v) is 2.96. The Morgan fingerprint density at radius 1 is 1.11 bits per heavy atom. The van der Waals surface area contributed by atoms with E-state index in [1.807, 2.05) is 30.3 Å². The van der Waals surface area contributed by atoms with Crippen LogP contribution < -0.4 is 10.6 Å². The molecule has 150 valence electrons. The lowest BCUT2D eigenvalue weighted by Crippen LogP contribution is -2.39. The van der Waals surface area contributed by atoms with Crippen LogP contribution in [0.4, 0.5) is 11.6 Å². The average molecular weight is 385 g/mol. The molecule has 0 bridgehead atoms. The highest BCUT2D eigenvalue weighted by Gasteiger charge is 2.20. The molecule has 2 heterocycles. The van der Waals surface area contributed by atoms with E-state index in [1.165, 1.54) is 0 Å². The zero-order chi connectivity index (χ0) is 20.1. The third-order valence-corrected chi connectivity index (χ3v) is 4.62. The molecule has 0 saturated carbocycles. The first-order chi connectivity index (χ1) is 13.5. The van der Waals surface area contributed by atoms with Gasteiger partial charge in [0.15, 0.2) is 5.65 Å². The molecule has 2 aromatic heterocycles. The zero-order valence-corrected chi connectivity index (χ0v) is 16.1. The number of aliphatic hydroxyl groups is 3. The van der Waals surface area contributed by atoms with Crippen LogP contribution in [-0.2, 0) is 6.54 Å². The highest BCUT2D eigenvalue weighted by molar-refractivity contribution is 5.61. The van der Waals surface area contributed by atoms with Crippen LogP contribution in [0.1, 0.15) is 30.9 Å². The van der Waals surface area contributed by atoms with Crippen LogP contribution in [0, 0.1) is 0 Å². The Hall–Kier alpha value is -2.68. The minimum Gasteiger partial charge on any atom is -0.394 e. The molecule has 3 aromatic rings. The number of rotatable bonds is 9. The maximum absolute atomic E-state index is 9.88. The topological polar surface area (TPSA) is 115 Å². The first-order valence-corrected chi connectivity index (χ1v) is 9.36. The van der Waals surface area contributed by atoms with Gasteiger partial charge in [0.2, 0.25) is 0 Å². The minimum atomic E-state index is -1.10. The summed E-state index contributed by atoms with van der Waals surface area (Å²) in [5, 5.41) is 39.5. The summed E-state index contributed by atoms with van der Waals surface area (Å²) in [6, 6.07) is 11.1. The number of aliphatic hydroxyl groups excluding tert-OH is 3. The molecule has 0 fully saturated rings. The summed E-state index contributed by atoms with van der Waals surface area (Å²) < 4.78 is 1.75. The molecule has 8 nitrogen and oxygen atoms in total. The number of aromatic nitrogens is 3. The first kappa shape index (κ1) is 20.1. The predicted octanol–water partition coefficient (Wildman–Crippen LogP) is 1.59. The van der Waals surface area contributed by atoms with Crippen molar-refractivity contribution < 1.29 is 15.3 Å². The maximum Gasteiger partial charge on any atom is 0.163 e. The molecule has 0 radical (unpaired) electrons. The highest BCUT2D eigenvalue weighted by Crippen LogP contribution is 2.24. The standard InChI is InChI=1S/C20H27N5O3/c1-13(2)15-10-22-25-19(21-9-14-6-4-3-5-7-14)8-18(24-20(15)25)23-16(11-26)17(28)12-27/h3-8,10,13,16-17,21,26-28H,9,11-12H2,1-2H3,(H,23,24)/t16-,17-/m1/s1. The monoisotopic (exact) mass is 385 g/mol. The summed E-state index contributed by atoms with van der Waals surface area (Å²) in [4.78, 5) is 4.62. The lowest BCUT2D eigenvalue weighted by Gasteiger charge is -2.22. The van der Waals surface area contributed by atoms with Crippen molar-refractivity contribution in [3.8, 4) is 0 Å². The van der Waals surface area contributed by atoms with Crippen LogP contribution in [0.5, 0.6) is 0 Å². The molecule has 28 heavy (non-hydrogen) atoms. The van der Waals surface area contributed by atoms with E-state index in [1.54, 1.807) is 16.8 Å². The Balaban J connectivity index is 1.95. The van der Waals surface area contributed by atoms with Crippen molar-refractivity contribution in [1.82, 2.24) is 14.6 Å². The summed E-state index contributed by atoms with van der Waals surface area (Å²) in [6.07, 6.45) is 0.703. The SMILES string of the molecule is CC(C)c1cnn2c(NCc3ccccc3)cc(N[C@H](CO)[C@H](O)CO)nc12. The van der Waals surface area contributed by atoms with Gasteiger partial charge in [-0.05, 0) is 11.5 Å². The van der Waals surface area contributed by atoms with Gasteiger partial charge in [0.05, 0.1) is 31.6 Å². The molecule has 1 aromatic carbocycles. The number of nitrogens with zero attached hydrogens (tertiary/aromatic N) is 3. The van der Waals surface area contributed by atoms with Crippen molar-refractivity contribution in [3.63, 3.8) is 0 Å². The molecule has 0 saturated heterocycles. The van der Waals surface area contributed by atoms with Crippen LogP contribution in [0.15, 0.2) is 42.6 Å². The van der Waals surface area contributed by atoms with Gasteiger partial charge in [-0.3, -0.25) is 0 Å². The fourth-order valence-electron chi connectivity index (χ4n) is 2.96. The molecule has 0 unspecified atom stereocenters. The number of hydrogen-bond acceptors (Lipinski definition) is 7.